The third-order valence-electron chi connectivity index (χ3n) is 3.37. The summed E-state index contributed by atoms with van der Waals surface area (Å²) in [6.45, 7) is 2.75. The van der Waals surface area contributed by atoms with Gasteiger partial charge in [-0.25, -0.2) is 0 Å². The minimum Gasteiger partial charge on any atom is -0.389 e. The van der Waals surface area contributed by atoms with Gasteiger partial charge in [0, 0.05) is 31.5 Å². The van der Waals surface area contributed by atoms with E-state index in [1.54, 1.807) is 0 Å². The van der Waals surface area contributed by atoms with E-state index in [0.29, 0.717) is 10.9 Å². The molecule has 0 bridgehead atoms. The van der Waals surface area contributed by atoms with Crippen molar-refractivity contribution >= 4 is 22.9 Å². The molecule has 0 aromatic heterocycles. The van der Waals surface area contributed by atoms with Gasteiger partial charge in [0.1, 0.15) is 4.99 Å². The Kier molecular flexibility index (Phi) is 4.55. The van der Waals surface area contributed by atoms with Gasteiger partial charge in [-0.2, -0.15) is 0 Å². The van der Waals surface area contributed by atoms with Crippen LogP contribution in [-0.2, 0) is 4.74 Å². The fraction of sp³-hybridized carbons (Fsp3) is 0.500. The van der Waals surface area contributed by atoms with Crippen molar-refractivity contribution in [3.05, 3.63) is 29.8 Å². The number of hydrogen-bond donors (Lipinski definition) is 1. The second-order valence-corrected chi connectivity index (χ2v) is 5.28. The highest BCUT2D eigenvalue weighted by Gasteiger charge is 2.17. The molecule has 0 spiro atoms. The van der Waals surface area contributed by atoms with Crippen LogP contribution in [0.3, 0.4) is 0 Å². The number of hydrogen-bond acceptors (Lipinski definition) is 3. The third-order valence-corrected chi connectivity index (χ3v) is 3.59. The summed E-state index contributed by atoms with van der Waals surface area (Å²) < 4.78 is 5.52. The molecule has 2 rings (SSSR count). The number of benzene rings is 1. The number of nitrogens with zero attached hydrogens (tertiary/aromatic N) is 1. The van der Waals surface area contributed by atoms with Crippen molar-refractivity contribution in [2.75, 3.05) is 31.7 Å². The van der Waals surface area contributed by atoms with E-state index < -0.39 is 0 Å². The lowest BCUT2D eigenvalue weighted by Crippen LogP contribution is -2.32. The molecular weight excluding hydrogens is 244 g/mol. The average molecular weight is 264 g/mol. The molecule has 1 unspecified atom stereocenters. The van der Waals surface area contributed by atoms with Crippen LogP contribution < -0.4 is 10.6 Å². The van der Waals surface area contributed by atoms with Crippen molar-refractivity contribution in [2.45, 2.75) is 12.8 Å². The number of rotatable bonds is 4. The maximum atomic E-state index is 5.77. The first-order chi connectivity index (χ1) is 8.68. The van der Waals surface area contributed by atoms with Crippen molar-refractivity contribution in [1.82, 2.24) is 0 Å². The van der Waals surface area contributed by atoms with Crippen LogP contribution in [0.1, 0.15) is 18.4 Å². The van der Waals surface area contributed by atoms with Crippen LogP contribution >= 0.6 is 12.2 Å². The van der Waals surface area contributed by atoms with E-state index in [-0.39, 0.29) is 0 Å². The summed E-state index contributed by atoms with van der Waals surface area (Å²) >= 11 is 5.10. The molecule has 4 heteroatoms. The van der Waals surface area contributed by atoms with E-state index in [4.69, 9.17) is 22.7 Å². The summed E-state index contributed by atoms with van der Waals surface area (Å²) in [6.07, 6.45) is 2.40. The minimum atomic E-state index is 0.456. The Bertz CT molecular complexity index is 416. The fourth-order valence-electron chi connectivity index (χ4n) is 2.45. The summed E-state index contributed by atoms with van der Waals surface area (Å²) in [7, 11) is 2.09. The molecule has 2 N–H and O–H groups in total. The fourth-order valence-corrected chi connectivity index (χ4v) is 2.62. The molecule has 1 aliphatic rings. The predicted molar refractivity (Wildman–Crippen MR) is 79.1 cm³/mol. The lowest BCUT2D eigenvalue weighted by Gasteiger charge is -2.29. The largest absolute Gasteiger partial charge is 0.389 e. The normalized spacial score (nSPS) is 19.5. The molecule has 0 aliphatic carbocycles. The van der Waals surface area contributed by atoms with Gasteiger partial charge in [-0.05, 0) is 30.9 Å². The Hall–Kier alpha value is -1.13. The van der Waals surface area contributed by atoms with Gasteiger partial charge < -0.3 is 15.4 Å². The smallest absolute Gasteiger partial charge is 0.106 e. The molecule has 1 heterocycles. The van der Waals surface area contributed by atoms with Gasteiger partial charge >= 0.3 is 0 Å². The third kappa shape index (κ3) is 3.21. The molecule has 1 aromatic carbocycles. The zero-order chi connectivity index (χ0) is 13.0. The Morgan fingerprint density at radius 1 is 1.50 bits per heavy atom. The van der Waals surface area contributed by atoms with E-state index >= 15 is 0 Å². The Balaban J connectivity index is 2.08. The van der Waals surface area contributed by atoms with Crippen molar-refractivity contribution in [2.24, 2.45) is 11.7 Å². The molecule has 3 nitrogen and oxygen atoms in total. The first kappa shape index (κ1) is 13.3. The standard InChI is InChI=1S/C14H20N2OS/c1-16(9-11-5-4-8-17-10-11)13-7-3-2-6-12(13)14(15)18/h2-3,6-7,11H,4-5,8-10H2,1H3,(H2,15,18). The van der Waals surface area contributed by atoms with E-state index in [2.05, 4.69) is 18.0 Å². The van der Waals surface area contributed by atoms with E-state index in [9.17, 15) is 0 Å². The van der Waals surface area contributed by atoms with Crippen LogP contribution in [0.15, 0.2) is 24.3 Å². The molecule has 1 atom stereocenters. The van der Waals surface area contributed by atoms with Crippen molar-refractivity contribution < 1.29 is 4.74 Å². The van der Waals surface area contributed by atoms with Crippen molar-refractivity contribution in [3.8, 4) is 0 Å². The van der Waals surface area contributed by atoms with Crippen molar-refractivity contribution in [1.29, 1.82) is 0 Å². The molecule has 0 saturated carbocycles. The summed E-state index contributed by atoms with van der Waals surface area (Å²) in [6, 6.07) is 8.03. The van der Waals surface area contributed by atoms with E-state index in [0.717, 1.165) is 37.4 Å². The maximum absolute atomic E-state index is 5.77. The number of thiocarbonyl (C=S) groups is 1. The highest BCUT2D eigenvalue weighted by Crippen LogP contribution is 2.22. The van der Waals surface area contributed by atoms with Crippen LogP contribution in [0, 0.1) is 5.92 Å². The van der Waals surface area contributed by atoms with Crippen LogP contribution in [0.25, 0.3) is 0 Å². The second-order valence-electron chi connectivity index (χ2n) is 4.85. The topological polar surface area (TPSA) is 38.5 Å². The van der Waals surface area contributed by atoms with Gasteiger partial charge in [-0.1, -0.05) is 24.4 Å². The van der Waals surface area contributed by atoms with Gasteiger partial charge in [0.2, 0.25) is 0 Å². The summed E-state index contributed by atoms with van der Waals surface area (Å²) in [5.41, 5.74) is 7.82. The Morgan fingerprint density at radius 2 is 2.28 bits per heavy atom. The zero-order valence-electron chi connectivity index (χ0n) is 10.8. The monoisotopic (exact) mass is 264 g/mol. The summed E-state index contributed by atoms with van der Waals surface area (Å²) in [5.74, 6) is 0.600. The molecule has 98 valence electrons. The molecular formula is C14H20N2OS. The van der Waals surface area contributed by atoms with Crippen LogP contribution in [0.2, 0.25) is 0 Å². The van der Waals surface area contributed by atoms with Crippen LogP contribution in [0.5, 0.6) is 0 Å². The molecule has 1 fully saturated rings. The molecule has 1 aliphatic heterocycles. The quantitative estimate of drug-likeness (QED) is 0.846. The number of anilines is 1. The summed E-state index contributed by atoms with van der Waals surface area (Å²) in [4.78, 5) is 2.69. The lowest BCUT2D eigenvalue weighted by molar-refractivity contribution is 0.0576. The summed E-state index contributed by atoms with van der Waals surface area (Å²) in [5, 5.41) is 0. The van der Waals surface area contributed by atoms with Crippen LogP contribution in [0.4, 0.5) is 5.69 Å². The van der Waals surface area contributed by atoms with Gasteiger partial charge in [-0.15, -0.1) is 0 Å². The van der Waals surface area contributed by atoms with Crippen molar-refractivity contribution in [3.63, 3.8) is 0 Å². The molecule has 1 saturated heterocycles. The minimum absolute atomic E-state index is 0.456. The molecule has 0 radical (unpaired) electrons. The Labute approximate surface area is 114 Å². The predicted octanol–water partition coefficient (Wildman–Crippen LogP) is 2.18. The second kappa shape index (κ2) is 6.16. The number of ether oxygens (including phenoxy) is 1. The first-order valence-corrected chi connectivity index (χ1v) is 6.77. The van der Waals surface area contributed by atoms with Gasteiger partial charge in [-0.3, -0.25) is 0 Å². The molecule has 0 amide bonds. The van der Waals surface area contributed by atoms with E-state index in [1.807, 2.05) is 18.2 Å². The number of para-hydroxylation sites is 1. The van der Waals surface area contributed by atoms with Gasteiger partial charge in [0.15, 0.2) is 0 Å². The first-order valence-electron chi connectivity index (χ1n) is 6.36. The molecule has 18 heavy (non-hydrogen) atoms. The maximum Gasteiger partial charge on any atom is 0.106 e. The number of nitrogens with two attached hydrogens (primary N) is 1. The van der Waals surface area contributed by atoms with Gasteiger partial charge in [0.25, 0.3) is 0 Å². The molecule has 1 aromatic rings. The highest BCUT2D eigenvalue weighted by molar-refractivity contribution is 7.80. The zero-order valence-corrected chi connectivity index (χ0v) is 11.6. The highest BCUT2D eigenvalue weighted by atomic mass is 32.1. The van der Waals surface area contributed by atoms with Crippen LogP contribution in [-0.4, -0.2) is 31.8 Å². The average Bonchev–Trinajstić information content (AvgIpc) is 2.40. The lowest BCUT2D eigenvalue weighted by atomic mass is 10.0. The van der Waals surface area contributed by atoms with E-state index in [1.165, 1.54) is 6.42 Å². The Morgan fingerprint density at radius 3 is 2.94 bits per heavy atom. The van der Waals surface area contributed by atoms with Gasteiger partial charge in [0.05, 0.1) is 6.61 Å². The SMILES string of the molecule is CN(CC1CCCOC1)c1ccccc1C(N)=S.